The first-order valence-electron chi connectivity index (χ1n) is 6.02. The summed E-state index contributed by atoms with van der Waals surface area (Å²) in [6.07, 6.45) is 2.45. The molecule has 19 heavy (non-hydrogen) atoms. The summed E-state index contributed by atoms with van der Waals surface area (Å²) in [5, 5.41) is 0.618. The zero-order valence-corrected chi connectivity index (χ0v) is 11.1. The monoisotopic (exact) mass is 275 g/mol. The van der Waals surface area contributed by atoms with Crippen LogP contribution in [0.3, 0.4) is 0 Å². The summed E-state index contributed by atoms with van der Waals surface area (Å²) in [6, 6.07) is 12.5. The van der Waals surface area contributed by atoms with Gasteiger partial charge in [0, 0.05) is 28.9 Å². The number of carbonyl (C=O) groups excluding carboxylic acids is 1. The predicted octanol–water partition coefficient (Wildman–Crippen LogP) is 3.18. The van der Waals surface area contributed by atoms with Gasteiger partial charge >= 0.3 is 0 Å². The molecule has 0 amide bonds. The molecular formula is C15H14ClNO2. The molecule has 98 valence electrons. The number of ketones is 1. The van der Waals surface area contributed by atoms with E-state index in [-0.39, 0.29) is 12.4 Å². The lowest BCUT2D eigenvalue weighted by atomic mass is 10.1. The van der Waals surface area contributed by atoms with Crippen molar-refractivity contribution in [2.24, 2.45) is 0 Å². The second kappa shape index (κ2) is 7.02. The number of rotatable bonds is 6. The van der Waals surface area contributed by atoms with E-state index >= 15 is 0 Å². The van der Waals surface area contributed by atoms with Crippen LogP contribution >= 0.6 is 11.6 Å². The van der Waals surface area contributed by atoms with Gasteiger partial charge < -0.3 is 4.74 Å². The largest absolute Gasteiger partial charge is 0.373 e. The first kappa shape index (κ1) is 13.7. The Kier molecular flexibility index (Phi) is 5.07. The Morgan fingerprint density at radius 3 is 2.63 bits per heavy atom. The van der Waals surface area contributed by atoms with Crippen LogP contribution in [0.4, 0.5) is 0 Å². The smallest absolute Gasteiger partial charge is 0.188 e. The molecule has 0 saturated heterocycles. The SMILES string of the molecule is O=C(COCCc1ccccn1)c1ccc(Cl)cc1. The van der Waals surface area contributed by atoms with Gasteiger partial charge in [-0.15, -0.1) is 0 Å². The van der Waals surface area contributed by atoms with Gasteiger partial charge in [0.1, 0.15) is 6.61 Å². The minimum absolute atomic E-state index is 0.0438. The van der Waals surface area contributed by atoms with Crippen molar-refractivity contribution in [2.45, 2.75) is 6.42 Å². The molecule has 0 unspecified atom stereocenters. The maximum absolute atomic E-state index is 11.8. The van der Waals surface area contributed by atoms with Gasteiger partial charge in [-0.25, -0.2) is 0 Å². The molecule has 0 bridgehead atoms. The number of carbonyl (C=O) groups is 1. The van der Waals surface area contributed by atoms with Gasteiger partial charge in [0.15, 0.2) is 5.78 Å². The second-order valence-corrected chi connectivity index (χ2v) is 4.49. The van der Waals surface area contributed by atoms with Crippen LogP contribution in [-0.4, -0.2) is 24.0 Å². The number of nitrogens with zero attached hydrogens (tertiary/aromatic N) is 1. The average Bonchev–Trinajstić information content (AvgIpc) is 2.45. The molecular weight excluding hydrogens is 262 g/mol. The quantitative estimate of drug-likeness (QED) is 0.600. The molecule has 1 aromatic carbocycles. The van der Waals surface area contributed by atoms with Crippen LogP contribution < -0.4 is 0 Å². The van der Waals surface area contributed by atoms with Gasteiger partial charge in [-0.1, -0.05) is 17.7 Å². The third-order valence-corrected chi connectivity index (χ3v) is 2.88. The molecule has 0 aliphatic rings. The molecule has 0 aliphatic heterocycles. The van der Waals surface area contributed by atoms with Crippen molar-refractivity contribution < 1.29 is 9.53 Å². The lowest BCUT2D eigenvalue weighted by Crippen LogP contribution is -2.11. The van der Waals surface area contributed by atoms with E-state index in [0.29, 0.717) is 23.6 Å². The molecule has 0 atom stereocenters. The fourth-order valence-corrected chi connectivity index (χ4v) is 1.73. The van der Waals surface area contributed by atoms with Gasteiger partial charge in [0.05, 0.1) is 6.61 Å². The lowest BCUT2D eigenvalue weighted by Gasteiger charge is -2.04. The van der Waals surface area contributed by atoms with E-state index in [0.717, 1.165) is 5.69 Å². The normalized spacial score (nSPS) is 10.4. The molecule has 2 aromatic rings. The van der Waals surface area contributed by atoms with E-state index in [9.17, 15) is 4.79 Å². The van der Waals surface area contributed by atoms with Crippen LogP contribution in [0.25, 0.3) is 0 Å². The highest BCUT2D eigenvalue weighted by molar-refractivity contribution is 6.30. The molecule has 0 spiro atoms. The number of benzene rings is 1. The van der Waals surface area contributed by atoms with Crippen molar-refractivity contribution in [1.82, 2.24) is 4.98 Å². The third kappa shape index (κ3) is 4.47. The van der Waals surface area contributed by atoms with Gasteiger partial charge in [0.25, 0.3) is 0 Å². The molecule has 2 rings (SSSR count). The van der Waals surface area contributed by atoms with E-state index in [2.05, 4.69) is 4.98 Å². The number of pyridine rings is 1. The fourth-order valence-electron chi connectivity index (χ4n) is 1.61. The Labute approximate surface area is 117 Å². The molecule has 0 N–H and O–H groups in total. The van der Waals surface area contributed by atoms with E-state index in [1.54, 1.807) is 30.5 Å². The summed E-state index contributed by atoms with van der Waals surface area (Å²) in [5.74, 6) is -0.0438. The van der Waals surface area contributed by atoms with E-state index < -0.39 is 0 Å². The number of hydrogen-bond donors (Lipinski definition) is 0. The zero-order chi connectivity index (χ0) is 13.5. The van der Waals surface area contributed by atoms with Crippen LogP contribution in [0, 0.1) is 0 Å². The summed E-state index contributed by atoms with van der Waals surface area (Å²) >= 11 is 5.76. The first-order valence-corrected chi connectivity index (χ1v) is 6.40. The van der Waals surface area contributed by atoms with Crippen molar-refractivity contribution >= 4 is 17.4 Å². The minimum Gasteiger partial charge on any atom is -0.373 e. The van der Waals surface area contributed by atoms with Crippen molar-refractivity contribution in [2.75, 3.05) is 13.2 Å². The fraction of sp³-hybridized carbons (Fsp3) is 0.200. The minimum atomic E-state index is -0.0438. The topological polar surface area (TPSA) is 39.2 Å². The highest BCUT2D eigenvalue weighted by Gasteiger charge is 2.05. The Morgan fingerprint density at radius 2 is 1.95 bits per heavy atom. The number of hydrogen-bond acceptors (Lipinski definition) is 3. The van der Waals surface area contributed by atoms with E-state index in [1.165, 1.54) is 0 Å². The molecule has 1 heterocycles. The summed E-state index contributed by atoms with van der Waals surface area (Å²) < 4.78 is 5.36. The second-order valence-electron chi connectivity index (χ2n) is 4.05. The Balaban J connectivity index is 1.74. The summed E-state index contributed by atoms with van der Waals surface area (Å²) in [7, 11) is 0. The van der Waals surface area contributed by atoms with Crippen LogP contribution in [0.2, 0.25) is 5.02 Å². The van der Waals surface area contributed by atoms with Crippen LogP contribution in [0.15, 0.2) is 48.7 Å². The molecule has 4 heteroatoms. The Bertz CT molecular complexity index is 526. The van der Waals surface area contributed by atoms with E-state index in [4.69, 9.17) is 16.3 Å². The lowest BCUT2D eigenvalue weighted by molar-refractivity contribution is 0.0764. The van der Waals surface area contributed by atoms with Gasteiger partial charge in [-0.05, 0) is 36.4 Å². The maximum atomic E-state index is 11.8. The van der Waals surface area contributed by atoms with Gasteiger partial charge in [-0.3, -0.25) is 9.78 Å². The Morgan fingerprint density at radius 1 is 1.16 bits per heavy atom. The number of aromatic nitrogens is 1. The number of ether oxygens (including phenoxy) is 1. The van der Waals surface area contributed by atoms with Crippen LogP contribution in [-0.2, 0) is 11.2 Å². The summed E-state index contributed by atoms with van der Waals surface area (Å²) in [6.45, 7) is 0.560. The van der Waals surface area contributed by atoms with Crippen molar-refractivity contribution in [1.29, 1.82) is 0 Å². The Hall–Kier alpha value is -1.71. The van der Waals surface area contributed by atoms with Crippen molar-refractivity contribution in [3.63, 3.8) is 0 Å². The van der Waals surface area contributed by atoms with E-state index in [1.807, 2.05) is 18.2 Å². The molecule has 1 aromatic heterocycles. The molecule has 0 fully saturated rings. The predicted molar refractivity (Wildman–Crippen MR) is 74.5 cm³/mol. The average molecular weight is 276 g/mol. The maximum Gasteiger partial charge on any atom is 0.188 e. The number of Topliss-reactive ketones (excluding diaryl/α,β-unsaturated/α-hetero) is 1. The first-order chi connectivity index (χ1) is 9.25. The van der Waals surface area contributed by atoms with Gasteiger partial charge in [-0.2, -0.15) is 0 Å². The summed E-state index contributed by atoms with van der Waals surface area (Å²) in [5.41, 5.74) is 1.57. The molecule has 3 nitrogen and oxygen atoms in total. The van der Waals surface area contributed by atoms with Gasteiger partial charge in [0.2, 0.25) is 0 Å². The standard InChI is InChI=1S/C15H14ClNO2/c16-13-6-4-12(5-7-13)15(18)11-19-10-8-14-3-1-2-9-17-14/h1-7,9H,8,10-11H2. The zero-order valence-electron chi connectivity index (χ0n) is 10.4. The van der Waals surface area contributed by atoms with Crippen LogP contribution in [0.1, 0.15) is 16.1 Å². The summed E-state index contributed by atoms with van der Waals surface area (Å²) in [4.78, 5) is 16.0. The van der Waals surface area contributed by atoms with Crippen molar-refractivity contribution in [3.05, 3.63) is 64.9 Å². The number of halogens is 1. The highest BCUT2D eigenvalue weighted by atomic mass is 35.5. The highest BCUT2D eigenvalue weighted by Crippen LogP contribution is 2.10. The third-order valence-electron chi connectivity index (χ3n) is 2.63. The van der Waals surface area contributed by atoms with Crippen molar-refractivity contribution in [3.8, 4) is 0 Å². The van der Waals surface area contributed by atoms with Crippen LogP contribution in [0.5, 0.6) is 0 Å². The molecule has 0 radical (unpaired) electrons. The molecule has 0 aliphatic carbocycles. The molecule has 0 saturated carbocycles.